The monoisotopic (exact) mass is 394 g/mol. The van der Waals surface area contributed by atoms with Crippen LogP contribution in [0.2, 0.25) is 0 Å². The van der Waals surface area contributed by atoms with E-state index in [-0.39, 0.29) is 0 Å². The summed E-state index contributed by atoms with van der Waals surface area (Å²) in [6.07, 6.45) is -1.81. The predicted molar refractivity (Wildman–Crippen MR) is 105 cm³/mol. The van der Waals surface area contributed by atoms with Gasteiger partial charge < -0.3 is 4.74 Å². The first-order chi connectivity index (χ1) is 13.8. The molecule has 3 unspecified atom stereocenters. The molecule has 0 aliphatic carbocycles. The standard InChI is InChI=1S/C22H22N2O5/c1-22(2,3)28-21(27)24-17(14-10-6-4-7-11-14)16-18(29-24)20(26)23(19(16)25)15-12-8-5-9-13-15/h4-13,16-18H,1-3H3. The number of carbonyl (C=O) groups excluding carboxylic acids is 3. The van der Waals surface area contributed by atoms with Gasteiger partial charge in [0.25, 0.3) is 5.91 Å². The molecule has 0 spiro atoms. The number of rotatable bonds is 2. The van der Waals surface area contributed by atoms with Crippen LogP contribution in [0.3, 0.4) is 0 Å². The molecule has 7 heteroatoms. The highest BCUT2D eigenvalue weighted by Crippen LogP contribution is 2.46. The average molecular weight is 394 g/mol. The molecule has 2 aliphatic heterocycles. The van der Waals surface area contributed by atoms with Gasteiger partial charge in [0.1, 0.15) is 17.6 Å². The Labute approximate surface area is 168 Å². The van der Waals surface area contributed by atoms with Crippen molar-refractivity contribution in [3.05, 3.63) is 66.2 Å². The minimum atomic E-state index is -1.08. The molecule has 2 saturated heterocycles. The maximum Gasteiger partial charge on any atom is 0.435 e. The second-order valence-electron chi connectivity index (χ2n) is 8.06. The molecular weight excluding hydrogens is 372 g/mol. The van der Waals surface area contributed by atoms with Crippen molar-refractivity contribution in [3.8, 4) is 0 Å². The topological polar surface area (TPSA) is 76.2 Å². The summed E-state index contributed by atoms with van der Waals surface area (Å²) in [6.45, 7) is 5.23. The summed E-state index contributed by atoms with van der Waals surface area (Å²) < 4.78 is 5.45. The fourth-order valence-corrected chi connectivity index (χ4v) is 3.70. The molecule has 7 nitrogen and oxygen atoms in total. The summed E-state index contributed by atoms with van der Waals surface area (Å²) in [6, 6.07) is 17.0. The summed E-state index contributed by atoms with van der Waals surface area (Å²) in [5, 5.41) is 1.04. The molecule has 2 aromatic carbocycles. The summed E-state index contributed by atoms with van der Waals surface area (Å²) in [5.41, 5.74) is 0.432. The fourth-order valence-electron chi connectivity index (χ4n) is 3.70. The van der Waals surface area contributed by atoms with Crippen molar-refractivity contribution in [3.63, 3.8) is 0 Å². The van der Waals surface area contributed by atoms with Gasteiger partial charge in [-0.15, -0.1) is 0 Å². The Hall–Kier alpha value is -3.19. The highest BCUT2D eigenvalue weighted by molar-refractivity contribution is 6.23. The van der Waals surface area contributed by atoms with E-state index in [4.69, 9.17) is 9.57 Å². The molecule has 2 aliphatic rings. The van der Waals surface area contributed by atoms with Crippen LogP contribution in [-0.4, -0.2) is 34.7 Å². The highest BCUT2D eigenvalue weighted by atomic mass is 16.7. The number of nitrogens with zero attached hydrogens (tertiary/aromatic N) is 2. The number of benzene rings is 2. The molecule has 3 atom stereocenters. The minimum Gasteiger partial charge on any atom is -0.442 e. The molecule has 0 bridgehead atoms. The summed E-state index contributed by atoms with van der Waals surface area (Å²) in [4.78, 5) is 46.0. The van der Waals surface area contributed by atoms with Gasteiger partial charge in [0.15, 0.2) is 6.10 Å². The lowest BCUT2D eigenvalue weighted by molar-refractivity contribution is -0.162. The number of amides is 3. The van der Waals surface area contributed by atoms with Gasteiger partial charge in [-0.25, -0.2) is 9.69 Å². The van der Waals surface area contributed by atoms with E-state index in [0.29, 0.717) is 11.3 Å². The third-order valence-electron chi connectivity index (χ3n) is 4.84. The van der Waals surface area contributed by atoms with E-state index >= 15 is 0 Å². The molecule has 2 aromatic rings. The average Bonchev–Trinajstić information content (AvgIpc) is 3.19. The van der Waals surface area contributed by atoms with Gasteiger partial charge in [-0.1, -0.05) is 48.5 Å². The fraction of sp³-hybridized carbons (Fsp3) is 0.318. The molecule has 0 radical (unpaired) electrons. The number of para-hydroxylation sites is 1. The van der Waals surface area contributed by atoms with Crippen LogP contribution in [0.4, 0.5) is 10.5 Å². The number of imide groups is 1. The van der Waals surface area contributed by atoms with E-state index < -0.39 is 41.6 Å². The quantitative estimate of drug-likeness (QED) is 0.729. The van der Waals surface area contributed by atoms with Gasteiger partial charge in [0.2, 0.25) is 5.91 Å². The van der Waals surface area contributed by atoms with Crippen LogP contribution in [0.5, 0.6) is 0 Å². The normalized spacial score (nSPS) is 24.0. The third kappa shape index (κ3) is 3.38. The SMILES string of the molecule is CC(C)(C)OC(=O)N1OC2C(=O)N(c3ccccc3)C(=O)C2C1c1ccccc1. The minimum absolute atomic E-state index is 0.397. The van der Waals surface area contributed by atoms with Gasteiger partial charge in [-0.05, 0) is 38.5 Å². The van der Waals surface area contributed by atoms with Crippen molar-refractivity contribution in [2.75, 3.05) is 4.90 Å². The first-order valence-corrected chi connectivity index (χ1v) is 9.45. The number of anilines is 1. The number of hydrogen-bond donors (Lipinski definition) is 0. The van der Waals surface area contributed by atoms with Crippen LogP contribution in [0, 0.1) is 5.92 Å². The smallest absolute Gasteiger partial charge is 0.435 e. The molecule has 4 rings (SSSR count). The molecule has 3 amide bonds. The van der Waals surface area contributed by atoms with Crippen LogP contribution in [0.15, 0.2) is 60.7 Å². The van der Waals surface area contributed by atoms with Crippen molar-refractivity contribution < 1.29 is 24.0 Å². The molecular formula is C22H22N2O5. The first kappa shape index (κ1) is 19.1. The zero-order valence-electron chi connectivity index (χ0n) is 16.4. The Morgan fingerprint density at radius 1 is 0.931 bits per heavy atom. The summed E-state index contributed by atoms with van der Waals surface area (Å²) in [5.74, 6) is -1.73. The summed E-state index contributed by atoms with van der Waals surface area (Å²) in [7, 11) is 0. The molecule has 0 saturated carbocycles. The van der Waals surface area contributed by atoms with Crippen LogP contribution < -0.4 is 4.90 Å². The zero-order valence-corrected chi connectivity index (χ0v) is 16.4. The van der Waals surface area contributed by atoms with E-state index in [0.717, 1.165) is 9.96 Å². The Kier molecular flexibility index (Phi) is 4.62. The van der Waals surface area contributed by atoms with E-state index in [1.54, 1.807) is 57.2 Å². The Balaban J connectivity index is 1.72. The number of hydroxylamine groups is 2. The number of carbonyl (C=O) groups is 3. The molecule has 0 N–H and O–H groups in total. The lowest BCUT2D eigenvalue weighted by Gasteiger charge is -2.29. The molecule has 150 valence electrons. The van der Waals surface area contributed by atoms with Gasteiger partial charge >= 0.3 is 6.09 Å². The van der Waals surface area contributed by atoms with Crippen molar-refractivity contribution >= 4 is 23.6 Å². The van der Waals surface area contributed by atoms with Crippen LogP contribution in [0.1, 0.15) is 32.4 Å². The van der Waals surface area contributed by atoms with Gasteiger partial charge in [0.05, 0.1) is 5.69 Å². The van der Waals surface area contributed by atoms with Gasteiger partial charge in [-0.3, -0.25) is 14.4 Å². The summed E-state index contributed by atoms with van der Waals surface area (Å²) >= 11 is 0. The van der Waals surface area contributed by atoms with Gasteiger partial charge in [0, 0.05) is 0 Å². The van der Waals surface area contributed by atoms with Crippen LogP contribution in [-0.2, 0) is 19.2 Å². The van der Waals surface area contributed by atoms with E-state index in [1.807, 2.05) is 24.3 Å². The third-order valence-corrected chi connectivity index (χ3v) is 4.84. The van der Waals surface area contributed by atoms with Crippen molar-refractivity contribution in [2.45, 2.75) is 38.5 Å². The van der Waals surface area contributed by atoms with E-state index in [2.05, 4.69) is 0 Å². The zero-order chi connectivity index (χ0) is 20.8. The molecule has 29 heavy (non-hydrogen) atoms. The molecule has 2 heterocycles. The molecule has 2 fully saturated rings. The lowest BCUT2D eigenvalue weighted by Crippen LogP contribution is -2.41. The number of hydrogen-bond acceptors (Lipinski definition) is 5. The number of fused-ring (bicyclic) bond motifs is 1. The predicted octanol–water partition coefficient (Wildman–Crippen LogP) is 3.47. The van der Waals surface area contributed by atoms with E-state index in [1.165, 1.54) is 0 Å². The second-order valence-corrected chi connectivity index (χ2v) is 8.06. The Bertz CT molecular complexity index is 939. The Morgan fingerprint density at radius 2 is 1.52 bits per heavy atom. The maximum atomic E-state index is 13.3. The van der Waals surface area contributed by atoms with Crippen molar-refractivity contribution in [1.29, 1.82) is 0 Å². The molecule has 0 aromatic heterocycles. The van der Waals surface area contributed by atoms with E-state index in [9.17, 15) is 14.4 Å². The lowest BCUT2D eigenvalue weighted by atomic mass is 9.91. The Morgan fingerprint density at radius 3 is 2.10 bits per heavy atom. The van der Waals surface area contributed by atoms with Crippen molar-refractivity contribution in [2.24, 2.45) is 5.92 Å². The van der Waals surface area contributed by atoms with Gasteiger partial charge in [-0.2, -0.15) is 5.06 Å². The van der Waals surface area contributed by atoms with Crippen molar-refractivity contribution in [1.82, 2.24) is 5.06 Å². The first-order valence-electron chi connectivity index (χ1n) is 9.45. The number of ether oxygens (including phenoxy) is 1. The van der Waals surface area contributed by atoms with Crippen LogP contribution in [0.25, 0.3) is 0 Å². The second kappa shape index (κ2) is 7.00. The maximum absolute atomic E-state index is 13.3. The van der Waals surface area contributed by atoms with Crippen LogP contribution >= 0.6 is 0 Å². The highest BCUT2D eigenvalue weighted by Gasteiger charge is 2.61. The largest absolute Gasteiger partial charge is 0.442 e.